The molecule has 0 saturated carbocycles. The Hall–Kier alpha value is 0.540. The van der Waals surface area contributed by atoms with Crippen LogP contribution in [0.25, 0.3) is 0 Å². The van der Waals surface area contributed by atoms with E-state index in [-0.39, 0.29) is 5.88 Å². The van der Waals surface area contributed by atoms with Crippen LogP contribution in [0.3, 0.4) is 0 Å². The zero-order valence-electron chi connectivity index (χ0n) is 3.22. The first kappa shape index (κ1) is 7.54. The van der Waals surface area contributed by atoms with Crippen molar-refractivity contribution < 1.29 is 4.39 Å². The fourth-order valence-corrected chi connectivity index (χ4v) is 0.455. The quantitative estimate of drug-likeness (QED) is 0.522. The largest absolute Gasteiger partial charge is 0.208 e. The summed E-state index contributed by atoms with van der Waals surface area (Å²) in [7, 11) is 0. The molecule has 0 aliphatic rings. The highest BCUT2D eigenvalue weighted by atomic mass is 35.5. The predicted octanol–water partition coefficient (Wildman–Crippen LogP) is 2.84. The minimum Gasteiger partial charge on any atom is -0.208 e. The number of hydrogen-bond donors (Lipinski definition) is 0. The molecule has 0 aliphatic carbocycles. The molecule has 0 aromatic rings. The smallest absolute Gasteiger partial charge is 0.145 e. The van der Waals surface area contributed by atoms with E-state index in [1.54, 1.807) is 0 Å². The molecule has 0 aliphatic heterocycles. The van der Waals surface area contributed by atoms with Crippen LogP contribution in [0.1, 0.15) is 0 Å². The van der Waals surface area contributed by atoms with Crippen LogP contribution in [-0.2, 0) is 0 Å². The van der Waals surface area contributed by atoms with Gasteiger partial charge in [-0.2, -0.15) is 0 Å². The van der Waals surface area contributed by atoms with Gasteiger partial charge in [0.05, 0.1) is 5.88 Å². The Morgan fingerprint density at radius 1 is 1.43 bits per heavy atom. The third kappa shape index (κ3) is 3.15. The van der Waals surface area contributed by atoms with E-state index in [0.717, 1.165) is 0 Å². The third-order valence-corrected chi connectivity index (χ3v) is 0.967. The van der Waals surface area contributed by atoms with Crippen molar-refractivity contribution in [3.05, 3.63) is 10.3 Å². The van der Waals surface area contributed by atoms with Gasteiger partial charge < -0.3 is 0 Å². The van der Waals surface area contributed by atoms with Gasteiger partial charge in [0.15, 0.2) is 0 Å². The van der Waals surface area contributed by atoms with Crippen molar-refractivity contribution in [1.29, 1.82) is 0 Å². The van der Waals surface area contributed by atoms with Gasteiger partial charge in [-0.3, -0.25) is 0 Å². The summed E-state index contributed by atoms with van der Waals surface area (Å²) in [5.74, 6) is -0.951. The first-order valence-corrected chi connectivity index (χ1v) is 2.73. The summed E-state index contributed by atoms with van der Waals surface area (Å²) in [6.07, 6.45) is 0. The van der Waals surface area contributed by atoms with Crippen LogP contribution in [0.15, 0.2) is 10.3 Å². The van der Waals surface area contributed by atoms with Crippen molar-refractivity contribution in [1.82, 2.24) is 0 Å². The number of alkyl halides is 1. The molecule has 4 heteroatoms. The fourth-order valence-electron chi connectivity index (χ4n) is 0.0505. The van der Waals surface area contributed by atoms with E-state index in [4.69, 9.17) is 34.8 Å². The molecule has 0 unspecified atom stereocenters. The predicted molar refractivity (Wildman–Crippen MR) is 30.6 cm³/mol. The summed E-state index contributed by atoms with van der Waals surface area (Å²) in [5.41, 5.74) is 0. The molecular formula is C3H2Cl3F. The monoisotopic (exact) mass is 162 g/mol. The van der Waals surface area contributed by atoms with Gasteiger partial charge in [-0.25, -0.2) is 4.39 Å². The SMILES string of the molecule is FC(CCl)=C(Cl)Cl. The lowest BCUT2D eigenvalue weighted by Crippen LogP contribution is -1.71. The lowest BCUT2D eigenvalue weighted by Gasteiger charge is -1.83. The summed E-state index contributed by atoms with van der Waals surface area (Å²) in [6, 6.07) is 0. The van der Waals surface area contributed by atoms with Crippen LogP contribution in [0.4, 0.5) is 4.39 Å². The Kier molecular flexibility index (Phi) is 3.80. The van der Waals surface area contributed by atoms with Crippen molar-refractivity contribution in [2.45, 2.75) is 0 Å². The molecule has 0 spiro atoms. The van der Waals surface area contributed by atoms with Crippen LogP contribution < -0.4 is 0 Å². The second-order valence-corrected chi connectivity index (χ2v) is 2.02. The highest BCUT2D eigenvalue weighted by Gasteiger charge is 1.95. The van der Waals surface area contributed by atoms with E-state index in [2.05, 4.69) is 0 Å². The standard InChI is InChI=1S/C3H2Cl3F/c4-1-2(7)3(5)6/h1H2. The van der Waals surface area contributed by atoms with E-state index >= 15 is 0 Å². The molecule has 0 rings (SSSR count). The Morgan fingerprint density at radius 2 is 1.86 bits per heavy atom. The second kappa shape index (κ2) is 3.53. The van der Waals surface area contributed by atoms with Gasteiger partial charge in [0, 0.05) is 0 Å². The maximum Gasteiger partial charge on any atom is 0.145 e. The number of halogens is 4. The maximum absolute atomic E-state index is 11.7. The molecule has 7 heavy (non-hydrogen) atoms. The van der Waals surface area contributed by atoms with E-state index < -0.39 is 10.3 Å². The minimum absolute atomic E-state index is 0.262. The van der Waals surface area contributed by atoms with Crippen LogP contribution in [0.5, 0.6) is 0 Å². The van der Waals surface area contributed by atoms with Gasteiger partial charge in [-0.15, -0.1) is 11.6 Å². The van der Waals surface area contributed by atoms with Crippen molar-refractivity contribution >= 4 is 34.8 Å². The molecule has 0 atom stereocenters. The van der Waals surface area contributed by atoms with Gasteiger partial charge in [-0.05, 0) is 0 Å². The third-order valence-electron chi connectivity index (χ3n) is 0.322. The van der Waals surface area contributed by atoms with E-state index in [0.29, 0.717) is 0 Å². The summed E-state index contributed by atoms with van der Waals surface area (Å²) in [4.78, 5) is 0. The summed E-state index contributed by atoms with van der Waals surface area (Å²) in [6.45, 7) is 0. The molecule has 0 fully saturated rings. The lowest BCUT2D eigenvalue weighted by atomic mass is 10.7. The van der Waals surface area contributed by atoms with Gasteiger partial charge in [0.25, 0.3) is 0 Å². The Morgan fingerprint density at radius 3 is 1.86 bits per heavy atom. The topological polar surface area (TPSA) is 0 Å². The Balaban J connectivity index is 3.72. The first-order valence-electron chi connectivity index (χ1n) is 1.44. The highest BCUT2D eigenvalue weighted by Crippen LogP contribution is 2.15. The minimum atomic E-state index is -0.690. The molecule has 0 bridgehead atoms. The Labute approximate surface area is 55.9 Å². The Bertz CT molecular complexity index is 84.2. The summed E-state index contributed by atoms with van der Waals surface area (Å²) in [5, 5.41) is 0. The van der Waals surface area contributed by atoms with Crippen molar-refractivity contribution in [3.63, 3.8) is 0 Å². The fraction of sp³-hybridized carbons (Fsp3) is 0.333. The molecule has 0 saturated heterocycles. The molecule has 0 heterocycles. The average Bonchev–Trinajstić information content (AvgIpc) is 1.65. The van der Waals surface area contributed by atoms with Gasteiger partial charge in [0.2, 0.25) is 0 Å². The second-order valence-electron chi connectivity index (χ2n) is 0.799. The summed E-state index contributed by atoms with van der Waals surface area (Å²) >= 11 is 14.8. The molecule has 42 valence electrons. The van der Waals surface area contributed by atoms with Crippen LogP contribution in [-0.4, -0.2) is 5.88 Å². The van der Waals surface area contributed by atoms with Crippen LogP contribution >= 0.6 is 34.8 Å². The lowest BCUT2D eigenvalue weighted by molar-refractivity contribution is 0.643. The van der Waals surface area contributed by atoms with Crippen molar-refractivity contribution in [2.24, 2.45) is 0 Å². The molecular weight excluding hydrogens is 161 g/mol. The normalized spacial score (nSPS) is 8.57. The van der Waals surface area contributed by atoms with Crippen molar-refractivity contribution in [2.75, 3.05) is 5.88 Å². The van der Waals surface area contributed by atoms with E-state index in [1.807, 2.05) is 0 Å². The van der Waals surface area contributed by atoms with Gasteiger partial charge >= 0.3 is 0 Å². The van der Waals surface area contributed by atoms with Crippen LogP contribution in [0.2, 0.25) is 0 Å². The molecule has 0 nitrogen and oxygen atoms in total. The highest BCUT2D eigenvalue weighted by molar-refractivity contribution is 6.56. The average molecular weight is 163 g/mol. The number of rotatable bonds is 1. The maximum atomic E-state index is 11.7. The van der Waals surface area contributed by atoms with Crippen LogP contribution in [0, 0.1) is 0 Å². The van der Waals surface area contributed by atoms with Gasteiger partial charge in [-0.1, -0.05) is 23.2 Å². The molecule has 0 aromatic heterocycles. The first-order chi connectivity index (χ1) is 3.18. The number of allylic oxidation sites excluding steroid dienone is 1. The molecule has 0 aromatic carbocycles. The molecule has 0 amide bonds. The zero-order chi connectivity index (χ0) is 5.86. The van der Waals surface area contributed by atoms with Gasteiger partial charge in [0.1, 0.15) is 10.3 Å². The van der Waals surface area contributed by atoms with E-state index in [1.165, 1.54) is 0 Å². The van der Waals surface area contributed by atoms with Crippen molar-refractivity contribution in [3.8, 4) is 0 Å². The van der Waals surface area contributed by atoms with E-state index in [9.17, 15) is 4.39 Å². The molecule has 0 radical (unpaired) electrons. The zero-order valence-corrected chi connectivity index (χ0v) is 5.49. The number of hydrogen-bond acceptors (Lipinski definition) is 0. The summed E-state index contributed by atoms with van der Waals surface area (Å²) < 4.78 is 11.3. The molecule has 0 N–H and O–H groups in total.